The predicted octanol–water partition coefficient (Wildman–Crippen LogP) is 2.00. The van der Waals surface area contributed by atoms with Crippen LogP contribution >= 0.6 is 0 Å². The maximum atomic E-state index is 11.8. The van der Waals surface area contributed by atoms with Crippen molar-refractivity contribution < 1.29 is 14.3 Å². The van der Waals surface area contributed by atoms with Gasteiger partial charge in [0.1, 0.15) is 0 Å². The zero-order chi connectivity index (χ0) is 14.8. The molecule has 1 aromatic carbocycles. The van der Waals surface area contributed by atoms with Gasteiger partial charge < -0.3 is 10.1 Å². The van der Waals surface area contributed by atoms with Crippen LogP contribution in [0.5, 0.6) is 0 Å². The number of Topliss-reactive ketones (excluding diaryl/α,β-unsaturated/α-hetero) is 1. The number of hydrogen-bond acceptors (Lipinski definition) is 3. The van der Waals surface area contributed by atoms with E-state index in [-0.39, 0.29) is 17.3 Å². The fourth-order valence-electron chi connectivity index (χ4n) is 2.37. The van der Waals surface area contributed by atoms with Crippen LogP contribution in [0.3, 0.4) is 0 Å². The molecule has 1 aliphatic heterocycles. The maximum Gasteiger partial charge on any atom is 0.257 e. The number of amides is 1. The number of rotatable bonds is 5. The number of hydrogen-bond donors (Lipinski definition) is 1. The van der Waals surface area contributed by atoms with Crippen molar-refractivity contribution in [2.24, 2.45) is 0 Å². The van der Waals surface area contributed by atoms with Gasteiger partial charge in [-0.15, -0.1) is 0 Å². The van der Waals surface area contributed by atoms with E-state index in [1.807, 2.05) is 30.3 Å². The standard InChI is InChI=1S/C16H19NO3/c1-11-14(12(2)18)15(19)17-16(11,3)20-10-9-13-7-5-4-6-8-13/h4-8H,9-10H2,1-3H3,(H,17,19). The average Bonchev–Trinajstić information content (AvgIpc) is 2.61. The molecule has 0 bridgehead atoms. The van der Waals surface area contributed by atoms with Crippen molar-refractivity contribution in [2.75, 3.05) is 6.61 Å². The fourth-order valence-corrected chi connectivity index (χ4v) is 2.37. The Kier molecular flexibility index (Phi) is 4.04. The van der Waals surface area contributed by atoms with Crippen molar-refractivity contribution in [3.8, 4) is 0 Å². The Labute approximate surface area is 118 Å². The largest absolute Gasteiger partial charge is 0.352 e. The number of nitrogens with one attached hydrogen (secondary N) is 1. The van der Waals surface area contributed by atoms with Crippen molar-refractivity contribution in [1.29, 1.82) is 0 Å². The fraction of sp³-hybridized carbons (Fsp3) is 0.375. The lowest BCUT2D eigenvalue weighted by molar-refractivity contribution is -0.124. The highest BCUT2D eigenvalue weighted by Gasteiger charge is 2.41. The second-order valence-electron chi connectivity index (χ2n) is 5.13. The van der Waals surface area contributed by atoms with E-state index in [0.29, 0.717) is 12.2 Å². The quantitative estimate of drug-likeness (QED) is 0.835. The van der Waals surface area contributed by atoms with Gasteiger partial charge in [0.05, 0.1) is 12.2 Å². The molecule has 0 aromatic heterocycles. The Morgan fingerprint density at radius 2 is 1.95 bits per heavy atom. The van der Waals surface area contributed by atoms with Gasteiger partial charge in [-0.05, 0) is 38.3 Å². The molecule has 1 heterocycles. The third-order valence-corrected chi connectivity index (χ3v) is 3.65. The molecule has 4 heteroatoms. The molecule has 1 aliphatic rings. The number of ketones is 1. The van der Waals surface area contributed by atoms with Crippen molar-refractivity contribution in [1.82, 2.24) is 5.32 Å². The number of carbonyl (C=O) groups is 2. The summed E-state index contributed by atoms with van der Waals surface area (Å²) in [5, 5.41) is 2.74. The topological polar surface area (TPSA) is 55.4 Å². The van der Waals surface area contributed by atoms with Gasteiger partial charge >= 0.3 is 0 Å². The Morgan fingerprint density at radius 3 is 2.50 bits per heavy atom. The summed E-state index contributed by atoms with van der Waals surface area (Å²) in [6.45, 7) is 5.41. The van der Waals surface area contributed by atoms with Crippen LogP contribution in [-0.2, 0) is 20.7 Å². The molecule has 106 valence electrons. The third-order valence-electron chi connectivity index (χ3n) is 3.65. The molecule has 0 fully saturated rings. The average molecular weight is 273 g/mol. The molecule has 0 aliphatic carbocycles. The van der Waals surface area contributed by atoms with Gasteiger partial charge in [-0.1, -0.05) is 30.3 Å². The summed E-state index contributed by atoms with van der Waals surface area (Å²) >= 11 is 0. The Bertz CT molecular complexity index is 562. The van der Waals surface area contributed by atoms with Crippen molar-refractivity contribution in [2.45, 2.75) is 32.9 Å². The second-order valence-corrected chi connectivity index (χ2v) is 5.13. The minimum atomic E-state index is -0.882. The highest BCUT2D eigenvalue weighted by atomic mass is 16.5. The van der Waals surface area contributed by atoms with E-state index in [2.05, 4.69) is 5.32 Å². The van der Waals surface area contributed by atoms with E-state index >= 15 is 0 Å². The van der Waals surface area contributed by atoms with Crippen LogP contribution in [0.15, 0.2) is 41.5 Å². The van der Waals surface area contributed by atoms with Crippen LogP contribution in [0.2, 0.25) is 0 Å². The van der Waals surface area contributed by atoms with Gasteiger partial charge in [0.15, 0.2) is 11.5 Å². The van der Waals surface area contributed by atoms with Crippen LogP contribution in [-0.4, -0.2) is 24.0 Å². The third kappa shape index (κ3) is 2.80. The monoisotopic (exact) mass is 273 g/mol. The SMILES string of the molecule is CC(=O)C1=C(C)C(C)(OCCc2ccccc2)NC1=O. The molecule has 2 rings (SSSR count). The molecule has 1 atom stereocenters. The van der Waals surface area contributed by atoms with Gasteiger partial charge in [0, 0.05) is 0 Å². The molecule has 1 aromatic rings. The molecule has 4 nitrogen and oxygen atoms in total. The predicted molar refractivity (Wildman–Crippen MR) is 76.0 cm³/mol. The summed E-state index contributed by atoms with van der Waals surface area (Å²) in [7, 11) is 0. The van der Waals surface area contributed by atoms with Crippen molar-refractivity contribution >= 4 is 11.7 Å². The number of ether oxygens (including phenoxy) is 1. The van der Waals surface area contributed by atoms with Crippen molar-refractivity contribution in [3.63, 3.8) is 0 Å². The second kappa shape index (κ2) is 5.59. The minimum Gasteiger partial charge on any atom is -0.352 e. The summed E-state index contributed by atoms with van der Waals surface area (Å²) in [5.74, 6) is -0.576. The Morgan fingerprint density at radius 1 is 1.30 bits per heavy atom. The van der Waals surface area contributed by atoms with Crippen LogP contribution in [0.25, 0.3) is 0 Å². The smallest absolute Gasteiger partial charge is 0.257 e. The molecule has 0 radical (unpaired) electrons. The van der Waals surface area contributed by atoms with E-state index < -0.39 is 5.72 Å². The lowest BCUT2D eigenvalue weighted by atomic mass is 10.0. The van der Waals surface area contributed by atoms with E-state index in [1.165, 1.54) is 12.5 Å². The van der Waals surface area contributed by atoms with Crippen LogP contribution in [0, 0.1) is 0 Å². The lowest BCUT2D eigenvalue weighted by Gasteiger charge is -2.26. The Hall–Kier alpha value is -1.94. The zero-order valence-corrected chi connectivity index (χ0v) is 12.0. The van der Waals surface area contributed by atoms with Gasteiger partial charge in [-0.3, -0.25) is 9.59 Å². The first kappa shape index (κ1) is 14.5. The van der Waals surface area contributed by atoms with Crippen LogP contribution in [0.1, 0.15) is 26.3 Å². The highest BCUT2D eigenvalue weighted by molar-refractivity contribution is 6.21. The minimum absolute atomic E-state index is 0.215. The molecule has 0 saturated heterocycles. The van der Waals surface area contributed by atoms with Crippen LogP contribution < -0.4 is 5.32 Å². The molecule has 0 spiro atoms. The Balaban J connectivity index is 2.02. The normalized spacial score (nSPS) is 22.1. The number of benzene rings is 1. The zero-order valence-electron chi connectivity index (χ0n) is 12.0. The number of carbonyl (C=O) groups excluding carboxylic acids is 2. The first-order valence-corrected chi connectivity index (χ1v) is 6.67. The molecular weight excluding hydrogens is 254 g/mol. The molecule has 1 unspecified atom stereocenters. The molecular formula is C16H19NO3. The van der Waals surface area contributed by atoms with E-state index in [9.17, 15) is 9.59 Å². The molecule has 20 heavy (non-hydrogen) atoms. The first-order valence-electron chi connectivity index (χ1n) is 6.67. The summed E-state index contributed by atoms with van der Waals surface area (Å²) < 4.78 is 5.82. The van der Waals surface area contributed by atoms with Gasteiger partial charge in [-0.2, -0.15) is 0 Å². The van der Waals surface area contributed by atoms with Crippen molar-refractivity contribution in [3.05, 3.63) is 47.0 Å². The molecule has 1 N–H and O–H groups in total. The maximum absolute atomic E-state index is 11.8. The molecule has 0 saturated carbocycles. The summed E-state index contributed by atoms with van der Waals surface area (Å²) in [4.78, 5) is 23.3. The van der Waals surface area contributed by atoms with Gasteiger partial charge in [0.25, 0.3) is 5.91 Å². The van der Waals surface area contributed by atoms with E-state index in [1.54, 1.807) is 13.8 Å². The summed E-state index contributed by atoms with van der Waals surface area (Å²) in [6.07, 6.45) is 0.759. The summed E-state index contributed by atoms with van der Waals surface area (Å²) in [6, 6.07) is 9.99. The van der Waals surface area contributed by atoms with Gasteiger partial charge in [-0.25, -0.2) is 0 Å². The first-order chi connectivity index (χ1) is 9.44. The lowest BCUT2D eigenvalue weighted by Crippen LogP contribution is -2.44. The summed E-state index contributed by atoms with van der Waals surface area (Å²) in [5.41, 5.74) is 1.16. The van der Waals surface area contributed by atoms with Crippen LogP contribution in [0.4, 0.5) is 0 Å². The molecule has 1 amide bonds. The highest BCUT2D eigenvalue weighted by Crippen LogP contribution is 2.28. The van der Waals surface area contributed by atoms with E-state index in [0.717, 1.165) is 6.42 Å². The van der Waals surface area contributed by atoms with E-state index in [4.69, 9.17) is 4.74 Å². The van der Waals surface area contributed by atoms with Gasteiger partial charge in [0.2, 0.25) is 0 Å².